The summed E-state index contributed by atoms with van der Waals surface area (Å²) in [6, 6.07) is 18.0. The van der Waals surface area contributed by atoms with Crippen LogP contribution in [0.2, 0.25) is 0 Å². The summed E-state index contributed by atoms with van der Waals surface area (Å²) in [6.07, 6.45) is 1.34. The molecule has 2 aromatic carbocycles. The summed E-state index contributed by atoms with van der Waals surface area (Å²) in [7, 11) is 0. The summed E-state index contributed by atoms with van der Waals surface area (Å²) < 4.78 is -1.67. The van der Waals surface area contributed by atoms with Crippen LogP contribution in [-0.4, -0.2) is 15.0 Å². The molecule has 0 spiro atoms. The van der Waals surface area contributed by atoms with Crippen molar-refractivity contribution in [2.24, 2.45) is 0 Å². The first-order valence-electron chi connectivity index (χ1n) is 6.46. The molecule has 1 heterocycles. The van der Waals surface area contributed by atoms with Gasteiger partial charge in [-0.2, -0.15) is 0 Å². The first kappa shape index (κ1) is 15.2. The quantitative estimate of drug-likeness (QED) is 0.608. The zero-order valence-electron chi connectivity index (χ0n) is 11.2. The largest absolute Gasteiger partial charge is 0.250 e. The molecule has 3 aromatic rings. The molecule has 0 N–H and O–H groups in total. The van der Waals surface area contributed by atoms with Crippen LogP contribution in [0.4, 0.5) is 0 Å². The second-order valence-corrected chi connectivity index (χ2v) is 6.86. The Labute approximate surface area is 142 Å². The van der Waals surface area contributed by atoms with Crippen molar-refractivity contribution < 1.29 is 0 Å². The average Bonchev–Trinajstić information content (AvgIpc) is 2.55. The van der Waals surface area contributed by atoms with Crippen molar-refractivity contribution in [3.63, 3.8) is 0 Å². The predicted octanol–water partition coefficient (Wildman–Crippen LogP) is 5.03. The second-order valence-electron chi connectivity index (χ2n) is 4.57. The lowest BCUT2D eigenvalue weighted by Gasteiger charge is -2.09. The van der Waals surface area contributed by atoms with E-state index < -0.39 is 3.79 Å². The smallest absolute Gasteiger partial charge is 0.217 e. The van der Waals surface area contributed by atoms with Crippen LogP contribution in [-0.2, 0) is 3.79 Å². The summed E-state index contributed by atoms with van der Waals surface area (Å²) in [4.78, 5) is 12.2. The Kier molecular flexibility index (Phi) is 4.30. The lowest BCUT2D eigenvalue weighted by atomic mass is 10.0. The molecule has 1 aromatic heterocycles. The van der Waals surface area contributed by atoms with Gasteiger partial charge in [-0.15, -0.1) is 0 Å². The van der Waals surface area contributed by atoms with Crippen LogP contribution in [0.15, 0.2) is 60.9 Å². The van der Waals surface area contributed by atoms with Crippen LogP contribution in [0, 0.1) is 0 Å². The van der Waals surface area contributed by atoms with Crippen molar-refractivity contribution in [1.82, 2.24) is 15.0 Å². The molecule has 0 aliphatic rings. The third-order valence-corrected chi connectivity index (χ3v) is 3.58. The van der Waals surface area contributed by atoms with Crippen molar-refractivity contribution in [2.45, 2.75) is 3.79 Å². The van der Waals surface area contributed by atoms with E-state index in [-0.39, 0.29) is 5.82 Å². The molecule has 3 rings (SSSR count). The molecule has 0 radical (unpaired) electrons. The van der Waals surface area contributed by atoms with Crippen LogP contribution in [0.5, 0.6) is 0 Å². The minimum Gasteiger partial charge on any atom is -0.217 e. The maximum absolute atomic E-state index is 5.80. The summed E-state index contributed by atoms with van der Waals surface area (Å²) in [5, 5.41) is 0. The zero-order valence-corrected chi connectivity index (χ0v) is 13.5. The monoisotopic (exact) mass is 349 g/mol. The van der Waals surface area contributed by atoms with E-state index in [4.69, 9.17) is 34.8 Å². The highest BCUT2D eigenvalue weighted by atomic mass is 35.6. The van der Waals surface area contributed by atoms with Gasteiger partial charge in [0.1, 0.15) is 6.33 Å². The topological polar surface area (TPSA) is 38.7 Å². The van der Waals surface area contributed by atoms with Crippen LogP contribution in [0.3, 0.4) is 0 Å². The molecule has 110 valence electrons. The molecule has 3 nitrogen and oxygen atoms in total. The van der Waals surface area contributed by atoms with E-state index in [1.807, 2.05) is 42.5 Å². The lowest BCUT2D eigenvalue weighted by Crippen LogP contribution is -2.08. The van der Waals surface area contributed by atoms with Gasteiger partial charge in [0.05, 0.1) is 0 Å². The minimum atomic E-state index is -1.67. The first-order valence-corrected chi connectivity index (χ1v) is 7.59. The van der Waals surface area contributed by atoms with E-state index >= 15 is 0 Å². The van der Waals surface area contributed by atoms with Gasteiger partial charge in [-0.3, -0.25) is 0 Å². The van der Waals surface area contributed by atoms with E-state index in [1.54, 1.807) is 0 Å². The lowest BCUT2D eigenvalue weighted by molar-refractivity contribution is 0.924. The van der Waals surface area contributed by atoms with Gasteiger partial charge in [-0.05, 0) is 11.1 Å². The van der Waals surface area contributed by atoms with Crippen molar-refractivity contribution in [2.75, 3.05) is 0 Å². The number of hydrogen-bond donors (Lipinski definition) is 0. The van der Waals surface area contributed by atoms with Crippen molar-refractivity contribution in [3.8, 4) is 22.5 Å². The van der Waals surface area contributed by atoms with Gasteiger partial charge >= 0.3 is 0 Å². The molecular formula is C16H10Cl3N3. The number of aromatic nitrogens is 3. The molecule has 0 fully saturated rings. The maximum atomic E-state index is 5.80. The molecule has 0 atom stereocenters. The summed E-state index contributed by atoms with van der Waals surface area (Å²) in [5.41, 5.74) is 3.09. The Morgan fingerprint density at radius 1 is 0.682 bits per heavy atom. The average molecular weight is 351 g/mol. The van der Waals surface area contributed by atoms with Crippen molar-refractivity contribution in [3.05, 3.63) is 66.7 Å². The van der Waals surface area contributed by atoms with Gasteiger partial charge in [-0.1, -0.05) is 89.4 Å². The third-order valence-electron chi connectivity index (χ3n) is 3.08. The SMILES string of the molecule is ClC(Cl)(Cl)c1ncnc(-c2ccc(-c3ccccc3)cc2)n1. The zero-order chi connectivity index (χ0) is 15.6. The van der Waals surface area contributed by atoms with E-state index in [0.29, 0.717) is 5.82 Å². The van der Waals surface area contributed by atoms with Gasteiger partial charge in [0.25, 0.3) is 0 Å². The van der Waals surface area contributed by atoms with Gasteiger partial charge in [0, 0.05) is 5.56 Å². The maximum Gasteiger partial charge on any atom is 0.250 e. The van der Waals surface area contributed by atoms with Crippen LogP contribution >= 0.6 is 34.8 Å². The number of halogens is 3. The molecule has 6 heteroatoms. The van der Waals surface area contributed by atoms with E-state index in [9.17, 15) is 0 Å². The van der Waals surface area contributed by atoms with E-state index in [1.165, 1.54) is 6.33 Å². The molecule has 0 saturated heterocycles. The first-order chi connectivity index (χ1) is 10.5. The highest BCUT2D eigenvalue weighted by Crippen LogP contribution is 2.36. The summed E-state index contributed by atoms with van der Waals surface area (Å²) >= 11 is 17.4. The Bertz CT molecular complexity index is 769. The summed E-state index contributed by atoms with van der Waals surface area (Å²) in [6.45, 7) is 0. The highest BCUT2D eigenvalue weighted by Gasteiger charge is 2.27. The number of nitrogens with zero attached hydrogens (tertiary/aromatic N) is 3. The fourth-order valence-electron chi connectivity index (χ4n) is 2.01. The van der Waals surface area contributed by atoms with Crippen LogP contribution in [0.1, 0.15) is 5.82 Å². The van der Waals surface area contributed by atoms with E-state index in [0.717, 1.165) is 16.7 Å². The molecule has 0 unspecified atom stereocenters. The highest BCUT2D eigenvalue weighted by molar-refractivity contribution is 6.66. The molecule has 22 heavy (non-hydrogen) atoms. The molecule has 0 bridgehead atoms. The van der Waals surface area contributed by atoms with Gasteiger partial charge in [0.2, 0.25) is 3.79 Å². The van der Waals surface area contributed by atoms with Crippen molar-refractivity contribution >= 4 is 34.8 Å². The standard InChI is InChI=1S/C16H10Cl3N3/c17-16(18,19)15-21-10-20-14(22-15)13-8-6-12(7-9-13)11-4-2-1-3-5-11/h1-10H. The molecule has 0 aliphatic carbocycles. The van der Waals surface area contributed by atoms with Gasteiger partial charge in [-0.25, -0.2) is 15.0 Å². The number of alkyl halides is 3. The van der Waals surface area contributed by atoms with Gasteiger partial charge < -0.3 is 0 Å². The van der Waals surface area contributed by atoms with Gasteiger partial charge in [0.15, 0.2) is 11.6 Å². The Hall–Kier alpha value is -1.68. The number of rotatable bonds is 2. The second kappa shape index (κ2) is 6.21. The minimum absolute atomic E-state index is 0.106. The van der Waals surface area contributed by atoms with Crippen LogP contribution < -0.4 is 0 Å². The predicted molar refractivity (Wildman–Crippen MR) is 89.9 cm³/mol. The fourth-order valence-corrected chi connectivity index (χ4v) is 2.29. The number of benzene rings is 2. The van der Waals surface area contributed by atoms with Crippen molar-refractivity contribution in [1.29, 1.82) is 0 Å². The van der Waals surface area contributed by atoms with E-state index in [2.05, 4.69) is 27.1 Å². The fraction of sp³-hybridized carbons (Fsp3) is 0.0625. The Morgan fingerprint density at radius 3 is 1.91 bits per heavy atom. The molecule has 0 amide bonds. The van der Waals surface area contributed by atoms with Crippen LogP contribution in [0.25, 0.3) is 22.5 Å². The molecule has 0 saturated carbocycles. The normalized spacial score (nSPS) is 11.4. The summed E-state index contributed by atoms with van der Waals surface area (Å²) in [5.74, 6) is 0.575. The Morgan fingerprint density at radius 2 is 1.27 bits per heavy atom. The molecule has 0 aliphatic heterocycles. The Balaban J connectivity index is 1.94. The third kappa shape index (κ3) is 3.38. The number of hydrogen-bond acceptors (Lipinski definition) is 3. The molecular weight excluding hydrogens is 341 g/mol.